The summed E-state index contributed by atoms with van der Waals surface area (Å²) in [5.74, 6) is 0.619. The van der Waals surface area contributed by atoms with Gasteiger partial charge in [-0.05, 0) is 37.5 Å². The van der Waals surface area contributed by atoms with Crippen molar-refractivity contribution in [2.75, 3.05) is 12.8 Å². The second-order valence-electron chi connectivity index (χ2n) is 4.81. The molecule has 0 fully saturated rings. The summed E-state index contributed by atoms with van der Waals surface area (Å²) in [6, 6.07) is 4.99. The fourth-order valence-corrected chi connectivity index (χ4v) is 1.85. The molecule has 1 rings (SSSR count). The summed E-state index contributed by atoms with van der Waals surface area (Å²) in [5, 5.41) is 0. The van der Waals surface area contributed by atoms with Crippen LogP contribution in [0.25, 0.3) is 0 Å². The van der Waals surface area contributed by atoms with Gasteiger partial charge in [0.25, 0.3) is 0 Å². The van der Waals surface area contributed by atoms with Crippen molar-refractivity contribution in [2.45, 2.75) is 33.3 Å². The first-order valence-corrected chi connectivity index (χ1v) is 6.08. The molecule has 2 N–H and O–H groups in total. The number of nitrogens with two attached hydrogens (primary N) is 1. The van der Waals surface area contributed by atoms with E-state index in [1.807, 2.05) is 6.92 Å². The molecule has 0 saturated carbocycles. The largest absolute Gasteiger partial charge is 0.490 e. The van der Waals surface area contributed by atoms with Crippen LogP contribution >= 0.6 is 0 Å². The fourth-order valence-electron chi connectivity index (χ4n) is 1.85. The molecular weight excluding hydrogens is 230 g/mol. The van der Waals surface area contributed by atoms with Gasteiger partial charge in [0.15, 0.2) is 0 Å². The van der Waals surface area contributed by atoms with E-state index in [-0.39, 0.29) is 6.10 Å². The molecule has 0 aliphatic heterocycles. The SMILES string of the molecule is COC(=O)c1cc(N)ccc1OC(C)CC(C)C. The second kappa shape index (κ2) is 6.28. The van der Waals surface area contributed by atoms with Crippen molar-refractivity contribution in [1.82, 2.24) is 0 Å². The number of benzene rings is 1. The highest BCUT2D eigenvalue weighted by Crippen LogP contribution is 2.24. The third kappa shape index (κ3) is 3.95. The van der Waals surface area contributed by atoms with Gasteiger partial charge in [-0.25, -0.2) is 4.79 Å². The zero-order valence-electron chi connectivity index (χ0n) is 11.4. The maximum Gasteiger partial charge on any atom is 0.341 e. The van der Waals surface area contributed by atoms with Crippen molar-refractivity contribution in [1.29, 1.82) is 0 Å². The van der Waals surface area contributed by atoms with Crippen LogP contribution in [0.3, 0.4) is 0 Å². The summed E-state index contributed by atoms with van der Waals surface area (Å²) in [6.07, 6.45) is 0.961. The third-order valence-corrected chi connectivity index (χ3v) is 2.54. The monoisotopic (exact) mass is 251 g/mol. The standard InChI is InChI=1S/C14H21NO3/c1-9(2)7-10(3)18-13-6-5-11(15)8-12(13)14(16)17-4/h5-6,8-10H,7,15H2,1-4H3. The van der Waals surface area contributed by atoms with Crippen LogP contribution in [0.5, 0.6) is 5.75 Å². The average Bonchev–Trinajstić information content (AvgIpc) is 2.29. The number of esters is 1. The van der Waals surface area contributed by atoms with Gasteiger partial charge < -0.3 is 15.2 Å². The van der Waals surface area contributed by atoms with Gasteiger partial charge in [-0.3, -0.25) is 0 Å². The molecular formula is C14H21NO3. The van der Waals surface area contributed by atoms with Crippen LogP contribution < -0.4 is 10.5 Å². The highest BCUT2D eigenvalue weighted by Gasteiger charge is 2.16. The Kier molecular flexibility index (Phi) is 5.01. The molecule has 0 bridgehead atoms. The first-order chi connectivity index (χ1) is 8.43. The zero-order chi connectivity index (χ0) is 13.7. The molecule has 0 saturated heterocycles. The van der Waals surface area contributed by atoms with Crippen molar-refractivity contribution >= 4 is 11.7 Å². The maximum absolute atomic E-state index is 11.6. The Morgan fingerprint density at radius 1 is 1.33 bits per heavy atom. The molecule has 0 amide bonds. The van der Waals surface area contributed by atoms with Gasteiger partial charge in [0.05, 0.1) is 13.2 Å². The van der Waals surface area contributed by atoms with Crippen LogP contribution in [-0.2, 0) is 4.74 Å². The molecule has 18 heavy (non-hydrogen) atoms. The van der Waals surface area contributed by atoms with Gasteiger partial charge in [-0.15, -0.1) is 0 Å². The number of ether oxygens (including phenoxy) is 2. The van der Waals surface area contributed by atoms with Gasteiger partial charge in [0.2, 0.25) is 0 Å². The number of carbonyl (C=O) groups excluding carboxylic acids is 1. The summed E-state index contributed by atoms with van der Waals surface area (Å²) >= 11 is 0. The predicted molar refractivity (Wildman–Crippen MR) is 71.7 cm³/mol. The van der Waals surface area contributed by atoms with Crippen LogP contribution in [0.2, 0.25) is 0 Å². The normalized spacial score (nSPS) is 12.3. The molecule has 0 aromatic heterocycles. The molecule has 4 nitrogen and oxygen atoms in total. The lowest BCUT2D eigenvalue weighted by Gasteiger charge is -2.18. The van der Waals surface area contributed by atoms with E-state index in [1.54, 1.807) is 18.2 Å². The van der Waals surface area contributed by atoms with E-state index >= 15 is 0 Å². The van der Waals surface area contributed by atoms with E-state index < -0.39 is 5.97 Å². The van der Waals surface area contributed by atoms with E-state index in [9.17, 15) is 4.79 Å². The number of methoxy groups -OCH3 is 1. The number of hydrogen-bond acceptors (Lipinski definition) is 4. The van der Waals surface area contributed by atoms with Gasteiger partial charge in [0.1, 0.15) is 11.3 Å². The molecule has 1 unspecified atom stereocenters. The number of nitrogen functional groups attached to an aromatic ring is 1. The van der Waals surface area contributed by atoms with Crippen molar-refractivity contribution in [3.63, 3.8) is 0 Å². The lowest BCUT2D eigenvalue weighted by Crippen LogP contribution is -2.16. The van der Waals surface area contributed by atoms with Crippen LogP contribution in [0.1, 0.15) is 37.6 Å². The lowest BCUT2D eigenvalue weighted by molar-refractivity contribution is 0.0593. The van der Waals surface area contributed by atoms with Crippen LogP contribution in [0.4, 0.5) is 5.69 Å². The van der Waals surface area contributed by atoms with Crippen molar-refractivity contribution in [2.24, 2.45) is 5.92 Å². The smallest absolute Gasteiger partial charge is 0.341 e. The fraction of sp³-hybridized carbons (Fsp3) is 0.500. The van der Waals surface area contributed by atoms with Gasteiger partial charge in [0, 0.05) is 5.69 Å². The van der Waals surface area contributed by atoms with E-state index in [0.717, 1.165) is 6.42 Å². The minimum Gasteiger partial charge on any atom is -0.490 e. The maximum atomic E-state index is 11.6. The molecule has 1 aromatic rings. The molecule has 0 heterocycles. The van der Waals surface area contributed by atoms with Gasteiger partial charge >= 0.3 is 5.97 Å². The van der Waals surface area contributed by atoms with E-state index in [1.165, 1.54) is 7.11 Å². The summed E-state index contributed by atoms with van der Waals surface area (Å²) in [4.78, 5) is 11.6. The Morgan fingerprint density at radius 2 is 2.00 bits per heavy atom. The topological polar surface area (TPSA) is 61.5 Å². The zero-order valence-corrected chi connectivity index (χ0v) is 11.4. The van der Waals surface area contributed by atoms with Crippen LogP contribution in [0, 0.1) is 5.92 Å². The van der Waals surface area contributed by atoms with E-state index in [4.69, 9.17) is 15.2 Å². The molecule has 1 aromatic carbocycles. The molecule has 1 atom stereocenters. The summed E-state index contributed by atoms with van der Waals surface area (Å²) in [6.45, 7) is 6.24. The minimum absolute atomic E-state index is 0.0389. The van der Waals surface area contributed by atoms with E-state index in [0.29, 0.717) is 22.9 Å². The molecule has 0 radical (unpaired) electrons. The molecule has 0 aliphatic rings. The van der Waals surface area contributed by atoms with Gasteiger partial charge in [-0.2, -0.15) is 0 Å². The Bertz CT molecular complexity index is 416. The van der Waals surface area contributed by atoms with E-state index in [2.05, 4.69) is 13.8 Å². The Hall–Kier alpha value is -1.71. The Labute approximate surface area is 108 Å². The number of hydrogen-bond donors (Lipinski definition) is 1. The molecule has 0 spiro atoms. The second-order valence-corrected chi connectivity index (χ2v) is 4.81. The molecule has 100 valence electrons. The number of carbonyl (C=O) groups is 1. The number of anilines is 1. The van der Waals surface area contributed by atoms with Crippen molar-refractivity contribution in [3.05, 3.63) is 23.8 Å². The van der Waals surface area contributed by atoms with Gasteiger partial charge in [-0.1, -0.05) is 13.8 Å². The number of rotatable bonds is 5. The summed E-state index contributed by atoms with van der Waals surface area (Å²) < 4.78 is 10.5. The highest BCUT2D eigenvalue weighted by molar-refractivity contribution is 5.93. The van der Waals surface area contributed by atoms with Crippen molar-refractivity contribution < 1.29 is 14.3 Å². The Balaban J connectivity index is 2.90. The Morgan fingerprint density at radius 3 is 2.56 bits per heavy atom. The average molecular weight is 251 g/mol. The quantitative estimate of drug-likeness (QED) is 0.645. The molecule has 4 heteroatoms. The molecule has 0 aliphatic carbocycles. The lowest BCUT2D eigenvalue weighted by atomic mass is 10.1. The third-order valence-electron chi connectivity index (χ3n) is 2.54. The predicted octanol–water partition coefficient (Wildman–Crippen LogP) is 2.87. The van der Waals surface area contributed by atoms with Crippen LogP contribution in [-0.4, -0.2) is 19.2 Å². The minimum atomic E-state index is -0.436. The highest BCUT2D eigenvalue weighted by atomic mass is 16.5. The summed E-state index contributed by atoms with van der Waals surface area (Å²) in [5.41, 5.74) is 6.55. The first kappa shape index (κ1) is 14.4. The van der Waals surface area contributed by atoms with Crippen LogP contribution in [0.15, 0.2) is 18.2 Å². The summed E-state index contributed by atoms with van der Waals surface area (Å²) in [7, 11) is 1.34. The van der Waals surface area contributed by atoms with Crippen molar-refractivity contribution in [3.8, 4) is 5.75 Å². The first-order valence-electron chi connectivity index (χ1n) is 6.08.